The normalized spacial score (nSPS) is 9.93. The molecule has 0 N–H and O–H groups in total. The maximum Gasteiger partial charge on any atom is 0.222 e. The molecule has 0 aliphatic carbocycles. The van der Waals surface area contributed by atoms with Gasteiger partial charge in [0.1, 0.15) is 0 Å². The zero-order valence-corrected chi connectivity index (χ0v) is 10.0. The Bertz CT molecular complexity index is 325. The van der Waals surface area contributed by atoms with Crippen LogP contribution in [0.4, 0.5) is 0 Å². The van der Waals surface area contributed by atoms with E-state index in [-0.39, 0.29) is 5.91 Å². The molecule has 0 fully saturated rings. The Labute approximate surface area is 93.0 Å². The van der Waals surface area contributed by atoms with Crippen molar-refractivity contribution in [2.75, 3.05) is 7.05 Å². The van der Waals surface area contributed by atoms with E-state index in [1.165, 1.54) is 0 Å². The molecule has 0 bridgehead atoms. The van der Waals surface area contributed by atoms with Gasteiger partial charge in [-0.15, -0.1) is 0 Å². The summed E-state index contributed by atoms with van der Waals surface area (Å²) in [7, 11) is 1.83. The Morgan fingerprint density at radius 1 is 1.50 bits per heavy atom. The van der Waals surface area contributed by atoms with E-state index < -0.39 is 0 Å². The molecule has 0 saturated heterocycles. The van der Waals surface area contributed by atoms with Gasteiger partial charge in [0.2, 0.25) is 5.91 Å². The van der Waals surface area contributed by atoms with E-state index in [0.29, 0.717) is 13.0 Å². The number of hydrogen-bond acceptors (Lipinski definition) is 1. The number of hydrogen-bond donors (Lipinski definition) is 0. The molecule has 76 valence electrons. The smallest absolute Gasteiger partial charge is 0.222 e. The van der Waals surface area contributed by atoms with E-state index in [1.54, 1.807) is 4.90 Å². The molecule has 0 aromatic heterocycles. The van der Waals surface area contributed by atoms with Gasteiger partial charge in [0.25, 0.3) is 0 Å². The van der Waals surface area contributed by atoms with Gasteiger partial charge in [-0.05, 0) is 17.7 Å². The molecule has 14 heavy (non-hydrogen) atoms. The minimum Gasteiger partial charge on any atom is -0.341 e. The summed E-state index contributed by atoms with van der Waals surface area (Å²) in [5.74, 6) is 0.171. The van der Waals surface area contributed by atoms with Crippen LogP contribution in [0.15, 0.2) is 28.7 Å². The average molecular weight is 256 g/mol. The molecule has 0 heterocycles. The topological polar surface area (TPSA) is 20.3 Å². The molecule has 1 aromatic carbocycles. The first-order chi connectivity index (χ1) is 6.63. The Kier molecular flexibility index (Phi) is 4.14. The summed E-state index contributed by atoms with van der Waals surface area (Å²) in [6, 6.07) is 8.00. The molecular weight excluding hydrogens is 242 g/mol. The van der Waals surface area contributed by atoms with Crippen LogP contribution in [0.2, 0.25) is 0 Å². The number of nitrogens with zero attached hydrogens (tertiary/aromatic N) is 1. The van der Waals surface area contributed by atoms with Gasteiger partial charge >= 0.3 is 0 Å². The van der Waals surface area contributed by atoms with Crippen molar-refractivity contribution in [3.05, 3.63) is 34.3 Å². The molecule has 0 atom stereocenters. The van der Waals surface area contributed by atoms with E-state index in [9.17, 15) is 4.79 Å². The zero-order valence-electron chi connectivity index (χ0n) is 8.46. The Balaban J connectivity index is 2.64. The predicted molar refractivity (Wildman–Crippen MR) is 60.9 cm³/mol. The standard InChI is InChI=1S/C11H14BrNO/c1-3-11(14)13(2)8-9-5-4-6-10(12)7-9/h4-7H,3,8H2,1-2H3. The molecule has 2 nitrogen and oxygen atoms in total. The highest BCUT2D eigenvalue weighted by molar-refractivity contribution is 9.10. The second kappa shape index (κ2) is 5.15. The zero-order chi connectivity index (χ0) is 10.6. The van der Waals surface area contributed by atoms with E-state index in [0.717, 1.165) is 10.0 Å². The van der Waals surface area contributed by atoms with Gasteiger partial charge in [-0.1, -0.05) is 35.0 Å². The molecule has 0 spiro atoms. The molecule has 0 saturated carbocycles. The summed E-state index contributed by atoms with van der Waals surface area (Å²) in [5, 5.41) is 0. The molecule has 1 amide bonds. The number of benzene rings is 1. The number of carbonyl (C=O) groups excluding carboxylic acids is 1. The number of rotatable bonds is 3. The van der Waals surface area contributed by atoms with Gasteiger partial charge in [0, 0.05) is 24.5 Å². The SMILES string of the molecule is CCC(=O)N(C)Cc1cccc(Br)c1. The van der Waals surface area contributed by atoms with Crippen molar-refractivity contribution in [3.8, 4) is 0 Å². The highest BCUT2D eigenvalue weighted by atomic mass is 79.9. The van der Waals surface area contributed by atoms with Crippen LogP contribution in [-0.4, -0.2) is 17.9 Å². The van der Waals surface area contributed by atoms with Gasteiger partial charge in [-0.2, -0.15) is 0 Å². The van der Waals surface area contributed by atoms with Crippen molar-refractivity contribution in [1.82, 2.24) is 4.90 Å². The lowest BCUT2D eigenvalue weighted by molar-refractivity contribution is -0.130. The van der Waals surface area contributed by atoms with Crippen LogP contribution in [0.25, 0.3) is 0 Å². The van der Waals surface area contributed by atoms with E-state index in [1.807, 2.05) is 38.2 Å². The monoisotopic (exact) mass is 255 g/mol. The van der Waals surface area contributed by atoms with Gasteiger partial charge in [-0.3, -0.25) is 4.79 Å². The van der Waals surface area contributed by atoms with Crippen molar-refractivity contribution < 1.29 is 4.79 Å². The van der Waals surface area contributed by atoms with Gasteiger partial charge in [0.05, 0.1) is 0 Å². The van der Waals surface area contributed by atoms with Crippen LogP contribution in [0.3, 0.4) is 0 Å². The first-order valence-corrected chi connectivity index (χ1v) is 5.41. The van der Waals surface area contributed by atoms with Crippen molar-refractivity contribution in [1.29, 1.82) is 0 Å². The second-order valence-corrected chi connectivity index (χ2v) is 4.15. The summed E-state index contributed by atoms with van der Waals surface area (Å²) in [4.78, 5) is 13.1. The maximum atomic E-state index is 11.3. The molecule has 3 heteroatoms. The first-order valence-electron chi connectivity index (χ1n) is 4.62. The van der Waals surface area contributed by atoms with Crippen molar-refractivity contribution in [2.24, 2.45) is 0 Å². The van der Waals surface area contributed by atoms with E-state index >= 15 is 0 Å². The summed E-state index contributed by atoms with van der Waals surface area (Å²) < 4.78 is 1.05. The van der Waals surface area contributed by atoms with Crippen molar-refractivity contribution >= 4 is 21.8 Å². The van der Waals surface area contributed by atoms with Gasteiger partial charge < -0.3 is 4.90 Å². The Hall–Kier alpha value is -0.830. The fourth-order valence-corrected chi connectivity index (χ4v) is 1.71. The van der Waals surface area contributed by atoms with Crippen LogP contribution < -0.4 is 0 Å². The maximum absolute atomic E-state index is 11.3. The largest absolute Gasteiger partial charge is 0.341 e. The predicted octanol–water partition coefficient (Wildman–Crippen LogP) is 2.82. The highest BCUT2D eigenvalue weighted by Gasteiger charge is 2.05. The molecular formula is C11H14BrNO. The van der Waals surface area contributed by atoms with E-state index in [4.69, 9.17) is 0 Å². The molecule has 0 radical (unpaired) electrons. The summed E-state index contributed by atoms with van der Waals surface area (Å²) in [5.41, 5.74) is 1.14. The lowest BCUT2D eigenvalue weighted by Gasteiger charge is -2.16. The molecule has 1 aromatic rings. The van der Waals surface area contributed by atoms with Crippen molar-refractivity contribution in [2.45, 2.75) is 19.9 Å². The van der Waals surface area contributed by atoms with Gasteiger partial charge in [-0.25, -0.2) is 0 Å². The molecule has 0 aliphatic heterocycles. The third-order valence-corrected chi connectivity index (χ3v) is 2.53. The number of amides is 1. The lowest BCUT2D eigenvalue weighted by Crippen LogP contribution is -2.25. The Morgan fingerprint density at radius 2 is 2.21 bits per heavy atom. The van der Waals surface area contributed by atoms with Gasteiger partial charge in [0.15, 0.2) is 0 Å². The highest BCUT2D eigenvalue weighted by Crippen LogP contribution is 2.13. The quantitative estimate of drug-likeness (QED) is 0.814. The van der Waals surface area contributed by atoms with E-state index in [2.05, 4.69) is 15.9 Å². The molecule has 0 unspecified atom stereocenters. The van der Waals surface area contributed by atoms with Crippen LogP contribution >= 0.6 is 15.9 Å². The second-order valence-electron chi connectivity index (χ2n) is 3.23. The third-order valence-electron chi connectivity index (χ3n) is 2.04. The van der Waals surface area contributed by atoms with Crippen LogP contribution in [0.1, 0.15) is 18.9 Å². The lowest BCUT2D eigenvalue weighted by atomic mass is 10.2. The summed E-state index contributed by atoms with van der Waals surface area (Å²) in [6.07, 6.45) is 0.560. The fourth-order valence-electron chi connectivity index (χ4n) is 1.27. The number of halogens is 1. The number of carbonyl (C=O) groups is 1. The Morgan fingerprint density at radius 3 is 2.79 bits per heavy atom. The minimum atomic E-state index is 0.171. The summed E-state index contributed by atoms with van der Waals surface area (Å²) in [6.45, 7) is 2.55. The van der Waals surface area contributed by atoms with Crippen LogP contribution in [0, 0.1) is 0 Å². The average Bonchev–Trinajstić information content (AvgIpc) is 2.16. The molecule has 0 aliphatic rings. The first kappa shape index (κ1) is 11.2. The van der Waals surface area contributed by atoms with Crippen molar-refractivity contribution in [3.63, 3.8) is 0 Å². The fraction of sp³-hybridized carbons (Fsp3) is 0.364. The summed E-state index contributed by atoms with van der Waals surface area (Å²) >= 11 is 3.40. The van der Waals surface area contributed by atoms with Crippen LogP contribution in [-0.2, 0) is 11.3 Å². The minimum absolute atomic E-state index is 0.171. The van der Waals surface area contributed by atoms with Crippen LogP contribution in [0.5, 0.6) is 0 Å². The third kappa shape index (κ3) is 3.14. The molecule has 1 rings (SSSR count).